The zero-order valence-electron chi connectivity index (χ0n) is 9.95. The molecule has 1 heterocycles. The molecular formula is C11H22N2O. The first-order valence-electron chi connectivity index (χ1n) is 5.40. The van der Waals surface area contributed by atoms with Gasteiger partial charge >= 0.3 is 0 Å². The molecule has 2 atom stereocenters. The minimum Gasteiger partial charge on any atom is -0.335 e. The van der Waals surface area contributed by atoms with Crippen LogP contribution in [0.5, 0.6) is 0 Å². The van der Waals surface area contributed by atoms with E-state index in [2.05, 4.69) is 25.9 Å². The third-order valence-corrected chi connectivity index (χ3v) is 2.81. The Morgan fingerprint density at radius 2 is 2.07 bits per heavy atom. The molecule has 1 fully saturated rings. The van der Waals surface area contributed by atoms with E-state index in [4.69, 9.17) is 0 Å². The highest BCUT2D eigenvalue weighted by Gasteiger charge is 2.39. The predicted octanol–water partition coefficient (Wildman–Crippen LogP) is 1.19. The van der Waals surface area contributed by atoms with Gasteiger partial charge in [-0.25, -0.2) is 0 Å². The van der Waals surface area contributed by atoms with E-state index in [-0.39, 0.29) is 5.92 Å². The molecule has 1 aliphatic rings. The summed E-state index contributed by atoms with van der Waals surface area (Å²) in [6, 6.07) is 0.879. The molecule has 0 saturated carbocycles. The largest absolute Gasteiger partial charge is 0.335 e. The number of carbonyl (C=O) groups is 1. The second-order valence-corrected chi connectivity index (χ2v) is 4.90. The van der Waals surface area contributed by atoms with Crippen molar-refractivity contribution in [1.29, 1.82) is 0 Å². The predicted molar refractivity (Wildman–Crippen MR) is 58.1 cm³/mol. The first kappa shape index (κ1) is 11.5. The summed E-state index contributed by atoms with van der Waals surface area (Å²) in [6.45, 7) is 7.06. The van der Waals surface area contributed by atoms with Gasteiger partial charge in [0.2, 0.25) is 5.91 Å². The van der Waals surface area contributed by atoms with Crippen LogP contribution in [0.25, 0.3) is 0 Å². The van der Waals surface area contributed by atoms with Gasteiger partial charge in [-0.05, 0) is 27.4 Å². The summed E-state index contributed by atoms with van der Waals surface area (Å²) < 4.78 is 0. The van der Waals surface area contributed by atoms with Gasteiger partial charge in [-0.2, -0.15) is 0 Å². The van der Waals surface area contributed by atoms with Crippen LogP contribution in [-0.2, 0) is 4.79 Å². The normalized spacial score (nSPS) is 26.9. The molecule has 0 bridgehead atoms. The molecule has 2 unspecified atom stereocenters. The smallest absolute Gasteiger partial charge is 0.225 e. The monoisotopic (exact) mass is 198 g/mol. The van der Waals surface area contributed by atoms with E-state index in [0.29, 0.717) is 18.0 Å². The second kappa shape index (κ2) is 4.30. The molecule has 1 saturated heterocycles. The molecule has 3 heteroatoms. The molecule has 1 aliphatic heterocycles. The first-order valence-corrected chi connectivity index (χ1v) is 5.40. The molecule has 1 amide bonds. The van der Waals surface area contributed by atoms with Gasteiger partial charge in [0.05, 0.1) is 0 Å². The van der Waals surface area contributed by atoms with Gasteiger partial charge in [0, 0.05) is 24.5 Å². The molecular weight excluding hydrogens is 176 g/mol. The summed E-state index contributed by atoms with van der Waals surface area (Å²) >= 11 is 0. The van der Waals surface area contributed by atoms with Crippen molar-refractivity contribution in [1.82, 2.24) is 9.80 Å². The Hall–Kier alpha value is -0.570. The third-order valence-electron chi connectivity index (χ3n) is 2.81. The van der Waals surface area contributed by atoms with E-state index in [9.17, 15) is 4.79 Å². The van der Waals surface area contributed by atoms with Gasteiger partial charge in [-0.15, -0.1) is 0 Å². The van der Waals surface area contributed by atoms with Crippen molar-refractivity contribution >= 4 is 5.91 Å². The maximum Gasteiger partial charge on any atom is 0.225 e. The lowest BCUT2D eigenvalue weighted by Gasteiger charge is -2.49. The van der Waals surface area contributed by atoms with Crippen molar-refractivity contribution in [3.8, 4) is 0 Å². The van der Waals surface area contributed by atoms with Gasteiger partial charge in [0.15, 0.2) is 0 Å². The van der Waals surface area contributed by atoms with Crippen molar-refractivity contribution in [2.24, 2.45) is 5.92 Å². The standard InChI is InChI=1S/C11H22N2O/c1-8(2)11(14)13-9(3)6-10(13)7-12(4)5/h8-10H,6-7H2,1-5H3. The number of likely N-dealkylation sites (tertiary alicyclic amines) is 1. The first-order chi connectivity index (χ1) is 6.43. The average molecular weight is 198 g/mol. The van der Waals surface area contributed by atoms with E-state index in [1.54, 1.807) is 0 Å². The third kappa shape index (κ3) is 2.27. The van der Waals surface area contributed by atoms with Crippen LogP contribution in [0, 0.1) is 5.92 Å². The minimum atomic E-state index is 0.127. The lowest BCUT2D eigenvalue weighted by atomic mass is 9.92. The van der Waals surface area contributed by atoms with E-state index in [0.717, 1.165) is 13.0 Å². The summed E-state index contributed by atoms with van der Waals surface area (Å²) in [5.41, 5.74) is 0. The van der Waals surface area contributed by atoms with Crippen molar-refractivity contribution in [3.05, 3.63) is 0 Å². The zero-order chi connectivity index (χ0) is 10.9. The Labute approximate surface area is 87.1 Å². The Morgan fingerprint density at radius 1 is 1.50 bits per heavy atom. The number of hydrogen-bond acceptors (Lipinski definition) is 2. The Balaban J connectivity index is 2.53. The molecule has 82 valence electrons. The van der Waals surface area contributed by atoms with Crippen molar-refractivity contribution in [2.45, 2.75) is 39.3 Å². The minimum absolute atomic E-state index is 0.127. The van der Waals surface area contributed by atoms with Crippen LogP contribution >= 0.6 is 0 Å². The molecule has 0 aliphatic carbocycles. The van der Waals surface area contributed by atoms with Gasteiger partial charge in [0.25, 0.3) is 0 Å². The molecule has 14 heavy (non-hydrogen) atoms. The number of hydrogen-bond donors (Lipinski definition) is 0. The summed E-state index contributed by atoms with van der Waals surface area (Å²) in [6.07, 6.45) is 1.15. The Bertz CT molecular complexity index is 213. The van der Waals surface area contributed by atoms with Crippen LogP contribution in [0.2, 0.25) is 0 Å². The lowest BCUT2D eigenvalue weighted by molar-refractivity contribution is -0.148. The topological polar surface area (TPSA) is 23.6 Å². The molecule has 0 N–H and O–H groups in total. The lowest BCUT2D eigenvalue weighted by Crippen LogP contribution is -2.61. The molecule has 0 radical (unpaired) electrons. The molecule has 0 spiro atoms. The fourth-order valence-corrected chi connectivity index (χ4v) is 2.12. The van der Waals surface area contributed by atoms with Crippen LogP contribution in [-0.4, -0.2) is 48.4 Å². The number of rotatable bonds is 3. The van der Waals surface area contributed by atoms with E-state index in [1.807, 2.05) is 18.7 Å². The second-order valence-electron chi connectivity index (χ2n) is 4.90. The van der Waals surface area contributed by atoms with Crippen LogP contribution in [0.4, 0.5) is 0 Å². The number of carbonyl (C=O) groups excluding carboxylic acids is 1. The Morgan fingerprint density at radius 3 is 2.43 bits per heavy atom. The average Bonchev–Trinajstić information content (AvgIpc) is 2.01. The maximum absolute atomic E-state index is 11.8. The highest BCUT2D eigenvalue weighted by atomic mass is 16.2. The van der Waals surface area contributed by atoms with E-state index in [1.165, 1.54) is 0 Å². The zero-order valence-corrected chi connectivity index (χ0v) is 9.95. The molecule has 0 aromatic heterocycles. The summed E-state index contributed by atoms with van der Waals surface area (Å²) in [7, 11) is 4.11. The fraction of sp³-hybridized carbons (Fsp3) is 0.909. The molecule has 1 rings (SSSR count). The molecule has 0 aromatic rings. The number of likely N-dealkylation sites (N-methyl/N-ethyl adjacent to an activating group) is 1. The van der Waals surface area contributed by atoms with Crippen LogP contribution < -0.4 is 0 Å². The number of amides is 1. The van der Waals surface area contributed by atoms with Gasteiger partial charge in [-0.3, -0.25) is 4.79 Å². The SMILES string of the molecule is CC(C)C(=O)N1C(C)CC1CN(C)C. The quantitative estimate of drug-likeness (QED) is 0.680. The fourth-order valence-electron chi connectivity index (χ4n) is 2.12. The number of nitrogens with zero attached hydrogens (tertiary/aromatic N) is 2. The van der Waals surface area contributed by atoms with Gasteiger partial charge in [0.1, 0.15) is 0 Å². The van der Waals surface area contributed by atoms with Crippen LogP contribution in [0.1, 0.15) is 27.2 Å². The Kier molecular flexibility index (Phi) is 3.53. The van der Waals surface area contributed by atoms with E-state index < -0.39 is 0 Å². The highest BCUT2D eigenvalue weighted by molar-refractivity contribution is 5.79. The summed E-state index contributed by atoms with van der Waals surface area (Å²) in [5, 5.41) is 0. The van der Waals surface area contributed by atoms with E-state index >= 15 is 0 Å². The van der Waals surface area contributed by atoms with Crippen LogP contribution in [0.3, 0.4) is 0 Å². The van der Waals surface area contributed by atoms with Crippen molar-refractivity contribution < 1.29 is 4.79 Å². The molecule has 0 aromatic carbocycles. The summed E-state index contributed by atoms with van der Waals surface area (Å²) in [4.78, 5) is 16.0. The summed E-state index contributed by atoms with van der Waals surface area (Å²) in [5.74, 6) is 0.429. The van der Waals surface area contributed by atoms with Crippen LogP contribution in [0.15, 0.2) is 0 Å². The van der Waals surface area contributed by atoms with Gasteiger partial charge < -0.3 is 9.80 Å². The maximum atomic E-state index is 11.8. The molecule has 3 nitrogen and oxygen atoms in total. The van der Waals surface area contributed by atoms with Gasteiger partial charge in [-0.1, -0.05) is 13.8 Å². The highest BCUT2D eigenvalue weighted by Crippen LogP contribution is 2.27. The van der Waals surface area contributed by atoms with Crippen molar-refractivity contribution in [3.63, 3.8) is 0 Å². The van der Waals surface area contributed by atoms with Crippen molar-refractivity contribution in [2.75, 3.05) is 20.6 Å².